The number of aliphatic carboxylic acids is 1. The van der Waals surface area contributed by atoms with Gasteiger partial charge in [0.2, 0.25) is 10.0 Å². The average Bonchev–Trinajstić information content (AvgIpc) is 2.72. The molecule has 0 aromatic heterocycles. The van der Waals surface area contributed by atoms with Crippen molar-refractivity contribution < 1.29 is 27.9 Å². The number of carbonyl (C=O) groups is 2. The maximum atomic E-state index is 12.4. The summed E-state index contributed by atoms with van der Waals surface area (Å²) < 4.78 is 31.0. The summed E-state index contributed by atoms with van der Waals surface area (Å²) in [6.45, 7) is 2.12. The summed E-state index contributed by atoms with van der Waals surface area (Å²) in [6.07, 6.45) is 5.14. The molecule has 160 valence electrons. The van der Waals surface area contributed by atoms with Crippen LogP contribution in [0.1, 0.15) is 35.7 Å². The SMILES string of the molecule is CCCCOc1ccc(/C=C/C(=O)c2ccc(S(=O)(=O)N(C)CC(=O)O)cc2)cc1. The molecule has 30 heavy (non-hydrogen) atoms. The third-order valence-corrected chi connectivity index (χ3v) is 6.10. The lowest BCUT2D eigenvalue weighted by molar-refractivity contribution is -0.137. The zero-order valence-electron chi connectivity index (χ0n) is 16.9. The van der Waals surface area contributed by atoms with Gasteiger partial charge in [0, 0.05) is 12.6 Å². The lowest BCUT2D eigenvalue weighted by atomic mass is 10.1. The third kappa shape index (κ3) is 6.53. The first-order valence-corrected chi connectivity index (χ1v) is 10.9. The molecule has 0 bridgehead atoms. The van der Waals surface area contributed by atoms with E-state index < -0.39 is 22.5 Å². The number of unbranched alkanes of at least 4 members (excludes halogenated alkanes) is 1. The van der Waals surface area contributed by atoms with Crippen molar-refractivity contribution in [2.75, 3.05) is 20.2 Å². The molecule has 1 N–H and O–H groups in total. The molecule has 8 heteroatoms. The smallest absolute Gasteiger partial charge is 0.318 e. The van der Waals surface area contributed by atoms with Gasteiger partial charge in [0.15, 0.2) is 5.78 Å². The quantitative estimate of drug-likeness (QED) is 0.332. The van der Waals surface area contributed by atoms with Crippen molar-refractivity contribution >= 4 is 27.9 Å². The van der Waals surface area contributed by atoms with Crippen LogP contribution in [-0.2, 0) is 14.8 Å². The number of allylic oxidation sites excluding steroid dienone is 1. The largest absolute Gasteiger partial charge is 0.494 e. The van der Waals surface area contributed by atoms with Crippen LogP contribution in [0.25, 0.3) is 6.08 Å². The number of nitrogens with zero attached hydrogens (tertiary/aromatic N) is 1. The minimum Gasteiger partial charge on any atom is -0.494 e. The predicted octanol–water partition coefficient (Wildman–Crippen LogP) is 3.47. The van der Waals surface area contributed by atoms with E-state index in [1.54, 1.807) is 6.08 Å². The zero-order valence-corrected chi connectivity index (χ0v) is 17.8. The standard InChI is InChI=1S/C22H25NO6S/c1-3-4-15-29-19-10-5-17(6-11-19)7-14-21(24)18-8-12-20(13-9-18)30(27,28)23(2)16-22(25)26/h5-14H,3-4,15-16H2,1-2H3,(H,25,26)/b14-7+. The number of ketones is 1. The molecule has 0 aliphatic carbocycles. The Morgan fingerprint density at radius 1 is 1.07 bits per heavy atom. The Labute approximate surface area is 176 Å². The normalized spacial score (nSPS) is 11.7. The van der Waals surface area contributed by atoms with E-state index >= 15 is 0 Å². The number of sulfonamides is 1. The van der Waals surface area contributed by atoms with Gasteiger partial charge in [-0.3, -0.25) is 9.59 Å². The summed E-state index contributed by atoms with van der Waals surface area (Å²) in [5.41, 5.74) is 1.16. The lowest BCUT2D eigenvalue weighted by Crippen LogP contribution is -2.32. The molecule has 0 fully saturated rings. The van der Waals surface area contributed by atoms with Gasteiger partial charge in [-0.1, -0.05) is 31.6 Å². The maximum absolute atomic E-state index is 12.4. The van der Waals surface area contributed by atoms with Crippen LogP contribution in [0, 0.1) is 0 Å². The molecule has 7 nitrogen and oxygen atoms in total. The number of benzene rings is 2. The van der Waals surface area contributed by atoms with Crippen LogP contribution < -0.4 is 4.74 Å². The van der Waals surface area contributed by atoms with Crippen molar-refractivity contribution in [1.29, 1.82) is 0 Å². The highest BCUT2D eigenvalue weighted by Gasteiger charge is 2.22. The second-order valence-electron chi connectivity index (χ2n) is 6.65. The van der Waals surface area contributed by atoms with Gasteiger partial charge in [-0.05, 0) is 54.5 Å². The van der Waals surface area contributed by atoms with E-state index in [4.69, 9.17) is 9.84 Å². The van der Waals surface area contributed by atoms with E-state index in [1.807, 2.05) is 24.3 Å². The lowest BCUT2D eigenvalue weighted by Gasteiger charge is -2.14. The number of rotatable bonds is 11. The molecule has 0 atom stereocenters. The van der Waals surface area contributed by atoms with Crippen LogP contribution in [0.5, 0.6) is 5.75 Å². The number of carboxylic acid groups (broad SMARTS) is 1. The fraction of sp³-hybridized carbons (Fsp3) is 0.273. The maximum Gasteiger partial charge on any atom is 0.318 e. The highest BCUT2D eigenvalue weighted by atomic mass is 32.2. The molecule has 0 aliphatic heterocycles. The molecule has 0 radical (unpaired) electrons. The Kier molecular flexibility index (Phi) is 8.32. The van der Waals surface area contributed by atoms with Crippen LogP contribution in [0.2, 0.25) is 0 Å². The van der Waals surface area contributed by atoms with Crippen LogP contribution in [0.15, 0.2) is 59.5 Å². The summed E-state index contributed by atoms with van der Waals surface area (Å²) in [5.74, 6) is -0.753. The Morgan fingerprint density at radius 2 is 1.70 bits per heavy atom. The Hall–Kier alpha value is -2.97. The first-order valence-electron chi connectivity index (χ1n) is 9.47. The van der Waals surface area contributed by atoms with Crippen LogP contribution in [0.3, 0.4) is 0 Å². The summed E-state index contributed by atoms with van der Waals surface area (Å²) in [6, 6.07) is 12.8. The molecule has 0 saturated carbocycles. The Balaban J connectivity index is 2.03. The van der Waals surface area contributed by atoms with Gasteiger partial charge >= 0.3 is 5.97 Å². The molecule has 0 unspecified atom stereocenters. The van der Waals surface area contributed by atoms with E-state index in [0.29, 0.717) is 12.2 Å². The predicted molar refractivity (Wildman–Crippen MR) is 114 cm³/mol. The molecule has 0 saturated heterocycles. The summed E-state index contributed by atoms with van der Waals surface area (Å²) in [7, 11) is -2.75. The molecule has 0 amide bonds. The second kappa shape index (κ2) is 10.7. The van der Waals surface area contributed by atoms with Gasteiger partial charge in [-0.25, -0.2) is 8.42 Å². The van der Waals surface area contributed by atoms with Gasteiger partial charge < -0.3 is 9.84 Å². The van der Waals surface area contributed by atoms with E-state index in [-0.39, 0.29) is 10.7 Å². The number of likely N-dealkylation sites (N-methyl/N-ethyl adjacent to an activating group) is 1. The summed E-state index contributed by atoms with van der Waals surface area (Å²) in [5, 5.41) is 8.76. The van der Waals surface area contributed by atoms with Crippen molar-refractivity contribution in [2.24, 2.45) is 0 Å². The third-order valence-electron chi connectivity index (χ3n) is 4.28. The van der Waals surface area contributed by atoms with Crippen molar-refractivity contribution in [3.8, 4) is 5.75 Å². The molecule has 0 aliphatic rings. The molecule has 0 heterocycles. The molecule has 2 rings (SSSR count). The van der Waals surface area contributed by atoms with Crippen molar-refractivity contribution in [1.82, 2.24) is 4.31 Å². The van der Waals surface area contributed by atoms with Crippen LogP contribution >= 0.6 is 0 Å². The Morgan fingerprint density at radius 3 is 2.27 bits per heavy atom. The highest BCUT2D eigenvalue weighted by molar-refractivity contribution is 7.89. The first kappa shape index (κ1) is 23.3. The summed E-state index contributed by atoms with van der Waals surface area (Å²) in [4.78, 5) is 23.0. The molecular formula is C22H25NO6S. The van der Waals surface area contributed by atoms with Crippen molar-refractivity contribution in [3.63, 3.8) is 0 Å². The Bertz CT molecular complexity index is 995. The van der Waals surface area contributed by atoms with Crippen molar-refractivity contribution in [3.05, 3.63) is 65.7 Å². The zero-order chi connectivity index (χ0) is 22.1. The van der Waals surface area contributed by atoms with E-state index in [1.165, 1.54) is 37.4 Å². The first-order chi connectivity index (χ1) is 14.2. The fourth-order valence-corrected chi connectivity index (χ4v) is 3.64. The van der Waals surface area contributed by atoms with E-state index in [0.717, 1.165) is 28.5 Å². The van der Waals surface area contributed by atoms with Gasteiger partial charge in [0.05, 0.1) is 11.5 Å². The average molecular weight is 432 g/mol. The molecule has 0 spiro atoms. The minimum absolute atomic E-state index is 0.0783. The number of carbonyl (C=O) groups excluding carboxylic acids is 1. The fourth-order valence-electron chi connectivity index (χ4n) is 2.52. The highest BCUT2D eigenvalue weighted by Crippen LogP contribution is 2.17. The van der Waals surface area contributed by atoms with Gasteiger partial charge in [0.1, 0.15) is 12.3 Å². The topological polar surface area (TPSA) is 101 Å². The minimum atomic E-state index is -3.93. The monoisotopic (exact) mass is 431 g/mol. The molecular weight excluding hydrogens is 406 g/mol. The number of carboxylic acids is 1. The van der Waals surface area contributed by atoms with Crippen LogP contribution in [0.4, 0.5) is 0 Å². The second-order valence-corrected chi connectivity index (χ2v) is 8.69. The number of ether oxygens (including phenoxy) is 1. The van der Waals surface area contributed by atoms with Crippen LogP contribution in [-0.4, -0.2) is 49.8 Å². The van der Waals surface area contributed by atoms with Gasteiger partial charge in [-0.15, -0.1) is 0 Å². The van der Waals surface area contributed by atoms with Gasteiger partial charge in [0.25, 0.3) is 0 Å². The summed E-state index contributed by atoms with van der Waals surface area (Å²) >= 11 is 0. The van der Waals surface area contributed by atoms with Crippen molar-refractivity contribution in [2.45, 2.75) is 24.7 Å². The van der Waals surface area contributed by atoms with E-state index in [9.17, 15) is 18.0 Å². The number of hydrogen-bond donors (Lipinski definition) is 1. The van der Waals surface area contributed by atoms with E-state index in [2.05, 4.69) is 6.92 Å². The molecule has 2 aromatic carbocycles. The van der Waals surface area contributed by atoms with Gasteiger partial charge in [-0.2, -0.15) is 4.31 Å². The molecule has 2 aromatic rings. The number of hydrogen-bond acceptors (Lipinski definition) is 5.